The van der Waals surface area contributed by atoms with E-state index in [0.29, 0.717) is 12.3 Å². The normalized spacial score (nSPS) is 14.7. The highest BCUT2D eigenvalue weighted by molar-refractivity contribution is 5.91. The Balaban J connectivity index is 2.63. The summed E-state index contributed by atoms with van der Waals surface area (Å²) in [6.07, 6.45) is 1.58. The molecule has 2 unspecified atom stereocenters. The van der Waals surface area contributed by atoms with Gasteiger partial charge >= 0.3 is 0 Å². The number of para-hydroxylation sites is 1. The molecule has 0 fully saturated rings. The quantitative estimate of drug-likeness (QED) is 0.850. The van der Waals surface area contributed by atoms with E-state index in [-0.39, 0.29) is 17.4 Å². The summed E-state index contributed by atoms with van der Waals surface area (Å²) in [5, 5.41) is 2.99. The number of amides is 1. The van der Waals surface area contributed by atoms with Gasteiger partial charge in [0.05, 0.1) is 0 Å². The molecule has 3 N–H and O–H groups in total. The van der Waals surface area contributed by atoms with E-state index in [4.69, 9.17) is 5.73 Å². The highest BCUT2D eigenvalue weighted by atomic mass is 16.1. The Bertz CT molecular complexity index is 447. The van der Waals surface area contributed by atoms with Gasteiger partial charge in [0, 0.05) is 18.2 Å². The number of hydrogen-bond acceptors (Lipinski definition) is 2. The Morgan fingerprint density at radius 2 is 1.85 bits per heavy atom. The van der Waals surface area contributed by atoms with Crippen LogP contribution < -0.4 is 11.1 Å². The highest BCUT2D eigenvalue weighted by Gasteiger charge is 2.18. The maximum absolute atomic E-state index is 12.1. The number of nitrogens with one attached hydrogen (secondary N) is 1. The second kappa shape index (κ2) is 6.89. The molecule has 1 aromatic rings. The Morgan fingerprint density at radius 3 is 2.40 bits per heavy atom. The van der Waals surface area contributed by atoms with Crippen molar-refractivity contribution < 1.29 is 4.79 Å². The van der Waals surface area contributed by atoms with Crippen molar-refractivity contribution in [2.75, 3.05) is 5.32 Å². The fourth-order valence-corrected chi connectivity index (χ4v) is 2.64. The summed E-state index contributed by atoms with van der Waals surface area (Å²) in [7, 11) is 0. The van der Waals surface area contributed by atoms with Crippen LogP contribution in [-0.2, 0) is 4.79 Å². The van der Waals surface area contributed by atoms with E-state index in [1.165, 1.54) is 0 Å². The van der Waals surface area contributed by atoms with E-state index >= 15 is 0 Å². The van der Waals surface area contributed by atoms with Crippen LogP contribution in [0.1, 0.15) is 59.1 Å². The fraction of sp³-hybridized carbons (Fsp3) is 0.588. The van der Waals surface area contributed by atoms with Crippen LogP contribution in [0.3, 0.4) is 0 Å². The topological polar surface area (TPSA) is 55.1 Å². The van der Waals surface area contributed by atoms with Gasteiger partial charge in [-0.2, -0.15) is 0 Å². The lowest BCUT2D eigenvalue weighted by atomic mass is 9.84. The van der Waals surface area contributed by atoms with Gasteiger partial charge < -0.3 is 11.1 Å². The molecule has 0 aliphatic heterocycles. The lowest BCUT2D eigenvalue weighted by molar-refractivity contribution is -0.117. The van der Waals surface area contributed by atoms with Crippen molar-refractivity contribution in [2.24, 2.45) is 17.1 Å². The van der Waals surface area contributed by atoms with Gasteiger partial charge in [-0.3, -0.25) is 4.79 Å². The number of benzene rings is 1. The minimum Gasteiger partial charge on any atom is -0.326 e. The van der Waals surface area contributed by atoms with Crippen LogP contribution >= 0.6 is 0 Å². The maximum atomic E-state index is 12.1. The van der Waals surface area contributed by atoms with Crippen molar-refractivity contribution in [1.82, 2.24) is 0 Å². The smallest absolute Gasteiger partial charge is 0.224 e. The molecular formula is C17H28N2O. The third-order valence-corrected chi connectivity index (χ3v) is 3.22. The van der Waals surface area contributed by atoms with E-state index in [1.807, 2.05) is 31.2 Å². The SMILES string of the molecule is CC(CC(=O)Nc1ccccc1C(C)N)CC(C)(C)C. The Kier molecular flexibility index (Phi) is 5.75. The van der Waals surface area contributed by atoms with Crippen LogP contribution in [0.4, 0.5) is 5.69 Å². The molecule has 112 valence electrons. The molecule has 0 saturated heterocycles. The molecule has 2 atom stereocenters. The summed E-state index contributed by atoms with van der Waals surface area (Å²) in [5.74, 6) is 0.437. The van der Waals surface area contributed by atoms with Gasteiger partial charge in [-0.1, -0.05) is 45.9 Å². The molecule has 3 heteroatoms. The minimum absolute atomic E-state index is 0.0647. The largest absolute Gasteiger partial charge is 0.326 e. The van der Waals surface area contributed by atoms with Gasteiger partial charge in [-0.05, 0) is 36.3 Å². The number of carbonyl (C=O) groups is 1. The van der Waals surface area contributed by atoms with Crippen LogP contribution in [0, 0.1) is 11.3 Å². The van der Waals surface area contributed by atoms with Crippen LogP contribution in [0.25, 0.3) is 0 Å². The Hall–Kier alpha value is -1.35. The Labute approximate surface area is 122 Å². The summed E-state index contributed by atoms with van der Waals surface area (Å²) < 4.78 is 0. The standard InChI is InChI=1S/C17H28N2O/c1-12(11-17(3,4)5)10-16(20)19-15-9-7-6-8-14(15)13(2)18/h6-9,12-13H,10-11,18H2,1-5H3,(H,19,20). The first-order valence-corrected chi connectivity index (χ1v) is 7.33. The van der Waals surface area contributed by atoms with Crippen molar-refractivity contribution in [3.05, 3.63) is 29.8 Å². The molecule has 0 bridgehead atoms. The molecule has 0 aliphatic rings. The number of carbonyl (C=O) groups excluding carboxylic acids is 1. The number of nitrogens with two attached hydrogens (primary N) is 1. The average molecular weight is 276 g/mol. The molecule has 1 amide bonds. The zero-order valence-corrected chi connectivity index (χ0v) is 13.4. The zero-order chi connectivity index (χ0) is 15.3. The first-order chi connectivity index (χ1) is 9.19. The van der Waals surface area contributed by atoms with Gasteiger partial charge in [-0.25, -0.2) is 0 Å². The monoisotopic (exact) mass is 276 g/mol. The van der Waals surface area contributed by atoms with E-state index in [1.54, 1.807) is 0 Å². The fourth-order valence-electron chi connectivity index (χ4n) is 2.64. The van der Waals surface area contributed by atoms with Crippen molar-refractivity contribution in [3.63, 3.8) is 0 Å². The van der Waals surface area contributed by atoms with Gasteiger partial charge in [0.25, 0.3) is 0 Å². The number of rotatable bonds is 5. The predicted molar refractivity (Wildman–Crippen MR) is 85.5 cm³/mol. The molecule has 3 nitrogen and oxygen atoms in total. The second-order valence-corrected chi connectivity index (χ2v) is 7.00. The molecule has 0 spiro atoms. The summed E-state index contributed by atoms with van der Waals surface area (Å²) >= 11 is 0. The van der Waals surface area contributed by atoms with E-state index in [9.17, 15) is 4.79 Å². The third-order valence-electron chi connectivity index (χ3n) is 3.22. The van der Waals surface area contributed by atoms with Gasteiger partial charge in [-0.15, -0.1) is 0 Å². The third kappa shape index (κ3) is 5.74. The molecule has 0 radical (unpaired) electrons. The van der Waals surface area contributed by atoms with E-state index < -0.39 is 0 Å². The molecule has 0 saturated carbocycles. The van der Waals surface area contributed by atoms with Gasteiger partial charge in [0.15, 0.2) is 0 Å². The zero-order valence-electron chi connectivity index (χ0n) is 13.4. The van der Waals surface area contributed by atoms with Crippen LogP contribution in [0.15, 0.2) is 24.3 Å². The second-order valence-electron chi connectivity index (χ2n) is 7.00. The molecule has 0 aliphatic carbocycles. The van der Waals surface area contributed by atoms with E-state index in [0.717, 1.165) is 17.7 Å². The van der Waals surface area contributed by atoms with Crippen molar-refractivity contribution >= 4 is 11.6 Å². The molecule has 0 heterocycles. The molecule has 0 aromatic heterocycles. The first-order valence-electron chi connectivity index (χ1n) is 7.33. The molecular weight excluding hydrogens is 248 g/mol. The van der Waals surface area contributed by atoms with Crippen LogP contribution in [0.2, 0.25) is 0 Å². The number of hydrogen-bond donors (Lipinski definition) is 2. The first kappa shape index (κ1) is 16.7. The van der Waals surface area contributed by atoms with Gasteiger partial charge in [0.2, 0.25) is 5.91 Å². The predicted octanol–water partition coefficient (Wildman–Crippen LogP) is 4.11. The molecule has 1 aromatic carbocycles. The Morgan fingerprint density at radius 1 is 1.25 bits per heavy atom. The van der Waals surface area contributed by atoms with E-state index in [2.05, 4.69) is 33.0 Å². The van der Waals surface area contributed by atoms with Crippen molar-refractivity contribution in [3.8, 4) is 0 Å². The van der Waals surface area contributed by atoms with Crippen LogP contribution in [-0.4, -0.2) is 5.91 Å². The lowest BCUT2D eigenvalue weighted by Gasteiger charge is -2.23. The summed E-state index contributed by atoms with van der Waals surface area (Å²) in [6.45, 7) is 10.7. The van der Waals surface area contributed by atoms with Crippen molar-refractivity contribution in [1.29, 1.82) is 0 Å². The van der Waals surface area contributed by atoms with Gasteiger partial charge in [0.1, 0.15) is 0 Å². The summed E-state index contributed by atoms with van der Waals surface area (Å²) in [4.78, 5) is 12.1. The highest BCUT2D eigenvalue weighted by Crippen LogP contribution is 2.27. The minimum atomic E-state index is -0.0847. The molecule has 20 heavy (non-hydrogen) atoms. The number of anilines is 1. The average Bonchev–Trinajstić information content (AvgIpc) is 2.26. The lowest BCUT2D eigenvalue weighted by Crippen LogP contribution is -2.20. The summed E-state index contributed by atoms with van der Waals surface area (Å²) in [6, 6.07) is 7.64. The maximum Gasteiger partial charge on any atom is 0.224 e. The molecule has 1 rings (SSSR count). The van der Waals surface area contributed by atoms with Crippen LogP contribution in [0.5, 0.6) is 0 Å². The van der Waals surface area contributed by atoms with Crippen molar-refractivity contribution in [2.45, 2.75) is 53.5 Å². The summed E-state index contributed by atoms with van der Waals surface area (Å²) in [5.41, 5.74) is 7.98.